The van der Waals surface area contributed by atoms with Gasteiger partial charge in [0, 0.05) is 22.0 Å². The van der Waals surface area contributed by atoms with Crippen LogP contribution in [0, 0.1) is 0 Å². The minimum absolute atomic E-state index is 0.707. The molecule has 2 N–H and O–H groups in total. The van der Waals surface area contributed by atoms with Crippen molar-refractivity contribution in [2.24, 2.45) is 0 Å². The third kappa shape index (κ3) is 6.51. The molecule has 0 atom stereocenters. The highest BCUT2D eigenvalue weighted by Crippen LogP contribution is 2.50. The first-order valence-corrected chi connectivity index (χ1v) is 10.9. The topological polar surface area (TPSA) is 87.1 Å². The summed E-state index contributed by atoms with van der Waals surface area (Å²) in [6.07, 6.45) is 3.31. The van der Waals surface area contributed by atoms with E-state index in [1.165, 1.54) is 16.0 Å². The van der Waals surface area contributed by atoms with Gasteiger partial charge in [-0.05, 0) is 49.9 Å². The Kier molecular flexibility index (Phi) is 7.94. The van der Waals surface area contributed by atoms with Gasteiger partial charge in [0.25, 0.3) is 0 Å². The molecule has 0 unspecified atom stereocenters. The van der Waals surface area contributed by atoms with Crippen LogP contribution in [0.2, 0.25) is 5.02 Å². The maximum absolute atomic E-state index is 8.74. The molecule has 28 heavy (non-hydrogen) atoms. The van der Waals surface area contributed by atoms with Gasteiger partial charge in [0.05, 0.1) is 12.0 Å². The summed E-state index contributed by atoms with van der Waals surface area (Å²) in [6, 6.07) is 12.4. The smallest absolute Gasteiger partial charge is 0.394 e. The predicted molar refractivity (Wildman–Crippen MR) is 113 cm³/mol. The van der Waals surface area contributed by atoms with Crippen molar-refractivity contribution in [1.82, 2.24) is 4.90 Å². The quantitative estimate of drug-likeness (QED) is 0.572. The standard InChI is InChI=1S/C19H20ClNOS.H2O4S/c1-21(2)10-6-8-14-15-7-4-5-9-18(15)23-19-16(14)11-13(20)12-17(19)22-3;1-5(2,3)4/h4-5,7-9,11-12H,6,10H2,1-3H3;(H2,1,2,3,4)/b14-8+;. The Morgan fingerprint density at radius 2 is 1.82 bits per heavy atom. The molecule has 0 bridgehead atoms. The molecule has 0 saturated carbocycles. The molecule has 0 amide bonds. The number of benzene rings is 2. The highest BCUT2D eigenvalue weighted by Gasteiger charge is 2.24. The van der Waals surface area contributed by atoms with E-state index < -0.39 is 10.4 Å². The van der Waals surface area contributed by atoms with Crippen molar-refractivity contribution >= 4 is 39.3 Å². The molecule has 0 radical (unpaired) electrons. The van der Waals surface area contributed by atoms with Crippen LogP contribution in [0.4, 0.5) is 0 Å². The Balaban J connectivity index is 0.000000500. The summed E-state index contributed by atoms with van der Waals surface area (Å²) in [7, 11) is 1.22. The van der Waals surface area contributed by atoms with Crippen LogP contribution in [0.1, 0.15) is 17.5 Å². The average molecular weight is 444 g/mol. The minimum atomic E-state index is -4.67. The van der Waals surface area contributed by atoms with E-state index in [0.717, 1.165) is 29.2 Å². The lowest BCUT2D eigenvalue weighted by atomic mass is 9.95. The van der Waals surface area contributed by atoms with Crippen molar-refractivity contribution in [3.8, 4) is 5.75 Å². The third-order valence-corrected chi connectivity index (χ3v) is 5.26. The summed E-state index contributed by atoms with van der Waals surface area (Å²) in [4.78, 5) is 4.60. The maximum Gasteiger partial charge on any atom is 0.394 e. The van der Waals surface area contributed by atoms with E-state index in [1.54, 1.807) is 18.9 Å². The average Bonchev–Trinajstić information content (AvgIpc) is 2.59. The van der Waals surface area contributed by atoms with Crippen LogP contribution in [0.3, 0.4) is 0 Å². The van der Waals surface area contributed by atoms with Gasteiger partial charge in [-0.1, -0.05) is 47.6 Å². The van der Waals surface area contributed by atoms with E-state index in [9.17, 15) is 0 Å². The fourth-order valence-electron chi connectivity index (χ4n) is 2.75. The van der Waals surface area contributed by atoms with Gasteiger partial charge in [0.15, 0.2) is 0 Å². The van der Waals surface area contributed by atoms with Crippen LogP contribution in [0.15, 0.2) is 52.3 Å². The maximum atomic E-state index is 8.74. The van der Waals surface area contributed by atoms with Gasteiger partial charge in [-0.25, -0.2) is 0 Å². The molecule has 3 rings (SSSR count). The van der Waals surface area contributed by atoms with Crippen LogP contribution in [0.5, 0.6) is 5.75 Å². The fraction of sp³-hybridized carbons (Fsp3) is 0.263. The van der Waals surface area contributed by atoms with Crippen molar-refractivity contribution in [1.29, 1.82) is 0 Å². The van der Waals surface area contributed by atoms with E-state index in [1.807, 2.05) is 12.1 Å². The Hall–Kier alpha value is -1.55. The molecular weight excluding hydrogens is 422 g/mol. The van der Waals surface area contributed by atoms with Crippen LogP contribution in [-0.2, 0) is 10.4 Å². The van der Waals surface area contributed by atoms with Crippen LogP contribution in [0.25, 0.3) is 5.57 Å². The molecule has 6 nitrogen and oxygen atoms in total. The van der Waals surface area contributed by atoms with Crippen molar-refractivity contribution in [3.05, 3.63) is 58.6 Å². The second kappa shape index (κ2) is 9.78. The lowest BCUT2D eigenvalue weighted by Crippen LogP contribution is -2.12. The Bertz CT molecular complexity index is 966. The van der Waals surface area contributed by atoms with E-state index in [4.69, 9.17) is 33.9 Å². The van der Waals surface area contributed by atoms with E-state index in [2.05, 4.69) is 49.3 Å². The summed E-state index contributed by atoms with van der Waals surface area (Å²) in [5, 5.41) is 0.707. The van der Waals surface area contributed by atoms with Gasteiger partial charge >= 0.3 is 10.4 Å². The molecule has 2 aromatic carbocycles. The molecule has 0 aromatic heterocycles. The summed E-state index contributed by atoms with van der Waals surface area (Å²) >= 11 is 8.06. The fourth-order valence-corrected chi connectivity index (χ4v) is 4.13. The molecular formula is C19H22ClNO5S2. The number of ether oxygens (including phenoxy) is 1. The minimum Gasteiger partial charge on any atom is -0.495 e. The summed E-state index contributed by atoms with van der Waals surface area (Å²) in [5.74, 6) is 0.838. The largest absolute Gasteiger partial charge is 0.495 e. The highest BCUT2D eigenvalue weighted by atomic mass is 35.5. The number of rotatable bonds is 4. The molecule has 9 heteroatoms. The molecule has 1 aliphatic heterocycles. The third-order valence-electron chi connectivity index (χ3n) is 3.84. The van der Waals surface area contributed by atoms with Crippen LogP contribution >= 0.6 is 23.4 Å². The zero-order chi connectivity index (χ0) is 20.9. The first kappa shape index (κ1) is 22.7. The van der Waals surface area contributed by atoms with Crippen molar-refractivity contribution in [2.45, 2.75) is 16.2 Å². The van der Waals surface area contributed by atoms with Gasteiger partial charge in [-0.2, -0.15) is 8.42 Å². The van der Waals surface area contributed by atoms with Gasteiger partial charge in [-0.15, -0.1) is 0 Å². The SMILES string of the molecule is COc1cc(Cl)cc2c1Sc1ccccc1/C2=C\CCN(C)C.O=S(=O)(O)O. The molecule has 152 valence electrons. The van der Waals surface area contributed by atoms with E-state index in [0.29, 0.717) is 5.02 Å². The lowest BCUT2D eigenvalue weighted by molar-refractivity contribution is 0.381. The molecule has 1 aliphatic rings. The number of methoxy groups -OCH3 is 1. The monoisotopic (exact) mass is 443 g/mol. The Morgan fingerprint density at radius 1 is 1.18 bits per heavy atom. The number of hydrogen-bond acceptors (Lipinski definition) is 5. The van der Waals surface area contributed by atoms with Gasteiger partial charge in [0.1, 0.15) is 5.75 Å². The second-order valence-electron chi connectivity index (χ2n) is 6.24. The van der Waals surface area contributed by atoms with Crippen molar-refractivity contribution < 1.29 is 22.3 Å². The predicted octanol–water partition coefficient (Wildman–Crippen LogP) is 4.54. The number of fused-ring (bicyclic) bond motifs is 2. The molecule has 0 fully saturated rings. The Labute approximate surface area is 174 Å². The zero-order valence-corrected chi connectivity index (χ0v) is 18.1. The summed E-state index contributed by atoms with van der Waals surface area (Å²) in [6.45, 7) is 1.02. The zero-order valence-electron chi connectivity index (χ0n) is 15.7. The number of halogens is 1. The van der Waals surface area contributed by atoms with Crippen LogP contribution in [-0.4, -0.2) is 50.2 Å². The highest BCUT2D eigenvalue weighted by molar-refractivity contribution is 7.99. The molecule has 2 aromatic rings. The summed E-state index contributed by atoms with van der Waals surface area (Å²) in [5.41, 5.74) is 3.68. The van der Waals surface area contributed by atoms with Crippen molar-refractivity contribution in [3.63, 3.8) is 0 Å². The molecule has 0 aliphatic carbocycles. The van der Waals surface area contributed by atoms with Gasteiger partial charge in [-0.3, -0.25) is 9.11 Å². The van der Waals surface area contributed by atoms with Gasteiger partial charge in [0.2, 0.25) is 0 Å². The number of hydrogen-bond donors (Lipinski definition) is 2. The van der Waals surface area contributed by atoms with Crippen molar-refractivity contribution in [2.75, 3.05) is 27.7 Å². The molecule has 0 saturated heterocycles. The molecule has 1 heterocycles. The first-order chi connectivity index (χ1) is 13.1. The first-order valence-electron chi connectivity index (χ1n) is 8.30. The number of nitrogens with zero attached hydrogens (tertiary/aromatic N) is 1. The lowest BCUT2D eigenvalue weighted by Gasteiger charge is -2.24. The van der Waals surface area contributed by atoms with Crippen LogP contribution < -0.4 is 4.74 Å². The van der Waals surface area contributed by atoms with E-state index in [-0.39, 0.29) is 0 Å². The Morgan fingerprint density at radius 3 is 2.43 bits per heavy atom. The van der Waals surface area contributed by atoms with E-state index >= 15 is 0 Å². The summed E-state index contributed by atoms with van der Waals surface area (Å²) < 4.78 is 37.1. The molecule has 0 spiro atoms. The normalized spacial score (nSPS) is 14.2. The second-order valence-corrected chi connectivity index (χ2v) is 8.62. The van der Waals surface area contributed by atoms with Gasteiger partial charge < -0.3 is 9.64 Å².